The number of hydrogen-bond acceptors (Lipinski definition) is 6. The molecular formula is C17H25N5O. The molecular weight excluding hydrogens is 290 g/mol. The molecule has 0 radical (unpaired) electrons. The van der Waals surface area contributed by atoms with Gasteiger partial charge in [0.15, 0.2) is 5.82 Å². The molecule has 2 unspecified atom stereocenters. The van der Waals surface area contributed by atoms with Crippen molar-refractivity contribution in [2.24, 2.45) is 5.92 Å². The van der Waals surface area contributed by atoms with Gasteiger partial charge in [0.25, 0.3) is 5.89 Å². The van der Waals surface area contributed by atoms with Crippen LogP contribution in [0.5, 0.6) is 0 Å². The summed E-state index contributed by atoms with van der Waals surface area (Å²) in [6, 6.07) is 8.79. The minimum atomic E-state index is 0.504. The SMILES string of the molecule is CCCc1noc(-c2cccc(CNCC3CNNC3C)c2)n1. The molecule has 1 aromatic heterocycles. The molecule has 1 fully saturated rings. The highest BCUT2D eigenvalue weighted by molar-refractivity contribution is 5.54. The van der Waals surface area contributed by atoms with Gasteiger partial charge in [-0.3, -0.25) is 10.9 Å². The summed E-state index contributed by atoms with van der Waals surface area (Å²) in [5.41, 5.74) is 8.65. The van der Waals surface area contributed by atoms with E-state index in [0.717, 1.165) is 43.9 Å². The van der Waals surface area contributed by atoms with Gasteiger partial charge < -0.3 is 9.84 Å². The lowest BCUT2D eigenvalue weighted by atomic mass is 10.0. The van der Waals surface area contributed by atoms with Gasteiger partial charge in [-0.25, -0.2) is 0 Å². The van der Waals surface area contributed by atoms with Crippen LogP contribution < -0.4 is 16.2 Å². The average Bonchev–Trinajstić information content (AvgIpc) is 3.18. The first-order valence-corrected chi connectivity index (χ1v) is 8.37. The van der Waals surface area contributed by atoms with Gasteiger partial charge in [-0.15, -0.1) is 0 Å². The van der Waals surface area contributed by atoms with Crippen molar-refractivity contribution in [3.8, 4) is 11.5 Å². The van der Waals surface area contributed by atoms with Gasteiger partial charge in [-0.1, -0.05) is 24.2 Å². The average molecular weight is 315 g/mol. The van der Waals surface area contributed by atoms with Gasteiger partial charge in [0.05, 0.1) is 0 Å². The fourth-order valence-corrected chi connectivity index (χ4v) is 2.81. The van der Waals surface area contributed by atoms with Crippen LogP contribution in [0, 0.1) is 5.92 Å². The normalized spacial score (nSPS) is 21.0. The van der Waals surface area contributed by atoms with E-state index in [1.54, 1.807) is 0 Å². The van der Waals surface area contributed by atoms with E-state index >= 15 is 0 Å². The predicted octanol–water partition coefficient (Wildman–Crippen LogP) is 1.89. The monoisotopic (exact) mass is 315 g/mol. The van der Waals surface area contributed by atoms with Crippen LogP contribution in [0.25, 0.3) is 11.5 Å². The first-order valence-electron chi connectivity index (χ1n) is 8.37. The van der Waals surface area contributed by atoms with Gasteiger partial charge in [0, 0.05) is 43.6 Å². The smallest absolute Gasteiger partial charge is 0.257 e. The Morgan fingerprint density at radius 3 is 3.09 bits per heavy atom. The second-order valence-corrected chi connectivity index (χ2v) is 6.17. The molecule has 1 aliphatic rings. The highest BCUT2D eigenvalue weighted by atomic mass is 16.5. The van der Waals surface area contributed by atoms with Crippen molar-refractivity contribution in [2.45, 2.75) is 39.3 Å². The Morgan fingerprint density at radius 2 is 2.30 bits per heavy atom. The van der Waals surface area contributed by atoms with Crippen molar-refractivity contribution in [2.75, 3.05) is 13.1 Å². The molecule has 124 valence electrons. The van der Waals surface area contributed by atoms with Crippen LogP contribution in [-0.4, -0.2) is 29.3 Å². The second kappa shape index (κ2) is 7.68. The van der Waals surface area contributed by atoms with E-state index in [9.17, 15) is 0 Å². The Bertz CT molecular complexity index is 627. The molecule has 6 nitrogen and oxygen atoms in total. The fraction of sp³-hybridized carbons (Fsp3) is 0.529. The summed E-state index contributed by atoms with van der Waals surface area (Å²) in [6.45, 7) is 7.16. The minimum absolute atomic E-state index is 0.504. The molecule has 1 aromatic carbocycles. The summed E-state index contributed by atoms with van der Waals surface area (Å²) in [7, 11) is 0. The lowest BCUT2D eigenvalue weighted by Gasteiger charge is -2.14. The van der Waals surface area contributed by atoms with E-state index in [0.29, 0.717) is 17.9 Å². The first kappa shape index (κ1) is 16.1. The zero-order valence-corrected chi connectivity index (χ0v) is 13.8. The number of nitrogens with zero attached hydrogens (tertiary/aromatic N) is 2. The molecule has 0 aliphatic carbocycles. The third-order valence-corrected chi connectivity index (χ3v) is 4.25. The highest BCUT2D eigenvalue weighted by Crippen LogP contribution is 2.19. The molecule has 2 heterocycles. The maximum Gasteiger partial charge on any atom is 0.257 e. The fourth-order valence-electron chi connectivity index (χ4n) is 2.81. The molecule has 0 saturated carbocycles. The Labute approximate surface area is 137 Å². The Morgan fingerprint density at radius 1 is 1.39 bits per heavy atom. The number of hydrogen-bond donors (Lipinski definition) is 3. The lowest BCUT2D eigenvalue weighted by Crippen LogP contribution is -2.32. The maximum absolute atomic E-state index is 5.36. The van der Waals surface area contributed by atoms with Gasteiger partial charge in [-0.2, -0.15) is 4.98 Å². The van der Waals surface area contributed by atoms with Gasteiger partial charge in [0.1, 0.15) is 0 Å². The molecule has 0 amide bonds. The van der Waals surface area contributed by atoms with E-state index in [-0.39, 0.29) is 0 Å². The van der Waals surface area contributed by atoms with Crippen molar-refractivity contribution >= 4 is 0 Å². The maximum atomic E-state index is 5.36. The van der Waals surface area contributed by atoms with Crippen LogP contribution >= 0.6 is 0 Å². The number of hydrazine groups is 1. The molecule has 23 heavy (non-hydrogen) atoms. The molecule has 1 saturated heterocycles. The number of benzene rings is 1. The van der Waals surface area contributed by atoms with Gasteiger partial charge >= 0.3 is 0 Å². The number of aromatic nitrogens is 2. The van der Waals surface area contributed by atoms with Crippen LogP contribution in [0.3, 0.4) is 0 Å². The minimum Gasteiger partial charge on any atom is -0.334 e. The quantitative estimate of drug-likeness (QED) is 0.724. The Balaban J connectivity index is 1.58. The van der Waals surface area contributed by atoms with Crippen molar-refractivity contribution in [1.29, 1.82) is 0 Å². The standard InChI is InChI=1S/C17H25N5O/c1-3-5-16-20-17(23-22-16)14-7-4-6-13(8-14)9-18-10-15-11-19-21-12(15)2/h4,6-8,12,15,18-19,21H,3,5,9-11H2,1-2H3. The van der Waals surface area contributed by atoms with E-state index in [1.165, 1.54) is 5.56 Å². The predicted molar refractivity (Wildman–Crippen MR) is 89.5 cm³/mol. The topological polar surface area (TPSA) is 75.0 Å². The van der Waals surface area contributed by atoms with E-state index in [1.807, 2.05) is 12.1 Å². The van der Waals surface area contributed by atoms with Crippen LogP contribution in [0.15, 0.2) is 28.8 Å². The van der Waals surface area contributed by atoms with E-state index < -0.39 is 0 Å². The second-order valence-electron chi connectivity index (χ2n) is 6.17. The molecule has 0 spiro atoms. The van der Waals surface area contributed by atoms with Crippen molar-refractivity contribution in [3.05, 3.63) is 35.7 Å². The highest BCUT2D eigenvalue weighted by Gasteiger charge is 2.21. The summed E-state index contributed by atoms with van der Waals surface area (Å²) in [5.74, 6) is 2.00. The third kappa shape index (κ3) is 4.16. The van der Waals surface area contributed by atoms with Crippen molar-refractivity contribution in [1.82, 2.24) is 26.3 Å². The van der Waals surface area contributed by atoms with Crippen LogP contribution in [0.4, 0.5) is 0 Å². The van der Waals surface area contributed by atoms with Gasteiger partial charge in [-0.05, 0) is 31.0 Å². The number of aryl methyl sites for hydroxylation is 1. The van der Waals surface area contributed by atoms with Crippen LogP contribution in [-0.2, 0) is 13.0 Å². The molecule has 1 aliphatic heterocycles. The van der Waals surface area contributed by atoms with E-state index in [4.69, 9.17) is 4.52 Å². The Kier molecular flexibility index (Phi) is 5.38. The van der Waals surface area contributed by atoms with E-state index in [2.05, 4.69) is 52.3 Å². The Hall–Kier alpha value is -1.76. The van der Waals surface area contributed by atoms with Crippen molar-refractivity contribution in [3.63, 3.8) is 0 Å². The van der Waals surface area contributed by atoms with Crippen LogP contribution in [0.1, 0.15) is 31.7 Å². The molecule has 0 bridgehead atoms. The van der Waals surface area contributed by atoms with Crippen LogP contribution in [0.2, 0.25) is 0 Å². The molecule has 6 heteroatoms. The third-order valence-electron chi connectivity index (χ3n) is 4.25. The number of rotatable bonds is 7. The zero-order chi connectivity index (χ0) is 16.1. The summed E-state index contributed by atoms with van der Waals surface area (Å²) in [5, 5.41) is 7.55. The largest absolute Gasteiger partial charge is 0.334 e. The first-order chi connectivity index (χ1) is 11.3. The number of nitrogens with one attached hydrogen (secondary N) is 3. The van der Waals surface area contributed by atoms with Gasteiger partial charge in [0.2, 0.25) is 0 Å². The molecule has 3 rings (SSSR count). The molecule has 3 N–H and O–H groups in total. The zero-order valence-electron chi connectivity index (χ0n) is 13.8. The van der Waals surface area contributed by atoms with Crippen molar-refractivity contribution < 1.29 is 4.52 Å². The summed E-state index contributed by atoms with van der Waals surface area (Å²) in [6.07, 6.45) is 1.87. The summed E-state index contributed by atoms with van der Waals surface area (Å²) >= 11 is 0. The molecule has 2 aromatic rings. The molecule has 2 atom stereocenters. The summed E-state index contributed by atoms with van der Waals surface area (Å²) < 4.78 is 5.36. The lowest BCUT2D eigenvalue weighted by molar-refractivity contribution is 0.422. The summed E-state index contributed by atoms with van der Waals surface area (Å²) in [4.78, 5) is 4.45.